The van der Waals surface area contributed by atoms with Crippen LogP contribution in [-0.2, 0) is 0 Å². The monoisotopic (exact) mass is 362 g/mol. The van der Waals surface area contributed by atoms with E-state index >= 15 is 0 Å². The molecule has 0 aliphatic heterocycles. The van der Waals surface area contributed by atoms with Crippen LogP contribution in [0.25, 0.3) is 16.9 Å². The lowest BCUT2D eigenvalue weighted by Gasteiger charge is -2.27. The smallest absolute Gasteiger partial charge is 0.233 e. The number of aromatic hydroxyl groups is 1. The molecule has 2 heterocycles. The third-order valence-electron chi connectivity index (χ3n) is 5.83. The summed E-state index contributed by atoms with van der Waals surface area (Å²) in [6.45, 7) is 0. The van der Waals surface area contributed by atoms with Gasteiger partial charge in [0.25, 0.3) is 0 Å². The zero-order chi connectivity index (χ0) is 18.2. The molecule has 0 spiro atoms. The lowest BCUT2D eigenvalue weighted by molar-refractivity contribution is 0.113. The third kappa shape index (κ3) is 3.27. The first kappa shape index (κ1) is 16.3. The summed E-state index contributed by atoms with van der Waals surface area (Å²) in [5.41, 5.74) is 2.11. The summed E-state index contributed by atoms with van der Waals surface area (Å²) in [6.07, 6.45) is 11.8. The van der Waals surface area contributed by atoms with Gasteiger partial charge in [0.2, 0.25) is 5.88 Å². The molecule has 3 aromatic rings. The Kier molecular flexibility index (Phi) is 4.03. The van der Waals surface area contributed by atoms with Gasteiger partial charge in [-0.2, -0.15) is 0 Å². The second-order valence-corrected chi connectivity index (χ2v) is 7.68. The molecule has 6 heteroatoms. The molecule has 0 saturated heterocycles. The van der Waals surface area contributed by atoms with E-state index < -0.39 is 0 Å². The Labute approximate surface area is 157 Å². The second-order valence-electron chi connectivity index (χ2n) is 7.68. The highest BCUT2D eigenvalue weighted by Gasteiger charge is 2.35. The average molecular weight is 362 g/mol. The summed E-state index contributed by atoms with van der Waals surface area (Å²) in [5, 5.41) is 18.9. The molecule has 2 unspecified atom stereocenters. The Morgan fingerprint density at radius 3 is 2.52 bits per heavy atom. The molecule has 2 saturated carbocycles. The molecule has 6 nitrogen and oxygen atoms in total. The van der Waals surface area contributed by atoms with E-state index in [9.17, 15) is 5.11 Å². The van der Waals surface area contributed by atoms with Gasteiger partial charge in [0, 0.05) is 30.1 Å². The minimum absolute atomic E-state index is 0.160. The summed E-state index contributed by atoms with van der Waals surface area (Å²) in [5.74, 6) is 2.38. The SMILES string of the molecule is Oc1cc(-n2ccnc2)ccc1-c1ccc(OC2CC3CC[C@@H](C3)C2)nn1. The summed E-state index contributed by atoms with van der Waals surface area (Å²) in [7, 11) is 0. The number of hydrogen-bond acceptors (Lipinski definition) is 5. The maximum atomic E-state index is 10.4. The summed E-state index contributed by atoms with van der Waals surface area (Å²) >= 11 is 0. The van der Waals surface area contributed by atoms with Crippen molar-refractivity contribution >= 4 is 0 Å². The van der Waals surface area contributed by atoms with Crippen LogP contribution in [0.2, 0.25) is 0 Å². The Morgan fingerprint density at radius 2 is 1.85 bits per heavy atom. The first-order valence-corrected chi connectivity index (χ1v) is 9.57. The van der Waals surface area contributed by atoms with Crippen LogP contribution in [0.5, 0.6) is 11.6 Å². The number of phenolic OH excluding ortho intramolecular Hbond substituents is 1. The lowest BCUT2D eigenvalue weighted by Crippen LogP contribution is -2.26. The summed E-state index contributed by atoms with van der Waals surface area (Å²) in [4.78, 5) is 4.02. The van der Waals surface area contributed by atoms with Crippen molar-refractivity contribution in [2.45, 2.75) is 38.2 Å². The molecule has 2 aromatic heterocycles. The van der Waals surface area contributed by atoms with E-state index in [-0.39, 0.29) is 11.9 Å². The first-order chi connectivity index (χ1) is 13.2. The predicted molar refractivity (Wildman–Crippen MR) is 101 cm³/mol. The highest BCUT2D eigenvalue weighted by atomic mass is 16.5. The van der Waals surface area contributed by atoms with Gasteiger partial charge in [0.15, 0.2) is 0 Å². The van der Waals surface area contributed by atoms with Gasteiger partial charge in [-0.05, 0) is 49.3 Å². The van der Waals surface area contributed by atoms with Gasteiger partial charge in [-0.1, -0.05) is 12.8 Å². The van der Waals surface area contributed by atoms with E-state index in [4.69, 9.17) is 4.74 Å². The number of nitrogens with zero attached hydrogens (tertiary/aromatic N) is 4. The number of fused-ring (bicyclic) bond motifs is 2. The van der Waals surface area contributed by atoms with Crippen LogP contribution in [0.1, 0.15) is 32.1 Å². The largest absolute Gasteiger partial charge is 0.507 e. The fourth-order valence-corrected chi connectivity index (χ4v) is 4.55. The fraction of sp³-hybridized carbons (Fsp3) is 0.381. The number of benzene rings is 1. The zero-order valence-electron chi connectivity index (χ0n) is 15.0. The topological polar surface area (TPSA) is 73.1 Å². The number of imidazole rings is 1. The number of hydrogen-bond donors (Lipinski definition) is 1. The van der Waals surface area contributed by atoms with Crippen LogP contribution in [0.3, 0.4) is 0 Å². The van der Waals surface area contributed by atoms with Crippen molar-refractivity contribution in [1.29, 1.82) is 0 Å². The molecule has 1 aromatic carbocycles. The molecule has 2 aliphatic carbocycles. The van der Waals surface area contributed by atoms with Crippen molar-refractivity contribution < 1.29 is 9.84 Å². The van der Waals surface area contributed by atoms with Crippen LogP contribution < -0.4 is 4.74 Å². The Bertz CT molecular complexity index is 912. The third-order valence-corrected chi connectivity index (χ3v) is 5.83. The van der Waals surface area contributed by atoms with Gasteiger partial charge in [0.05, 0.1) is 17.7 Å². The van der Waals surface area contributed by atoms with Crippen LogP contribution >= 0.6 is 0 Å². The van der Waals surface area contributed by atoms with Crippen LogP contribution in [0.4, 0.5) is 0 Å². The van der Waals surface area contributed by atoms with Gasteiger partial charge in [-0.15, -0.1) is 10.2 Å². The quantitative estimate of drug-likeness (QED) is 0.760. The predicted octanol–water partition coefficient (Wildman–Crippen LogP) is 3.99. The lowest BCUT2D eigenvalue weighted by atomic mass is 9.87. The highest BCUT2D eigenvalue weighted by molar-refractivity contribution is 5.68. The highest BCUT2D eigenvalue weighted by Crippen LogP contribution is 2.43. The first-order valence-electron chi connectivity index (χ1n) is 9.57. The van der Waals surface area contributed by atoms with E-state index in [1.165, 1.54) is 19.3 Å². The number of rotatable bonds is 4. The molecule has 2 fully saturated rings. The molecule has 27 heavy (non-hydrogen) atoms. The van der Waals surface area contributed by atoms with Crippen molar-refractivity contribution in [3.63, 3.8) is 0 Å². The van der Waals surface area contributed by atoms with Gasteiger partial charge >= 0.3 is 0 Å². The average Bonchev–Trinajstić information content (AvgIpc) is 3.32. The molecule has 138 valence electrons. The number of ether oxygens (including phenoxy) is 1. The minimum Gasteiger partial charge on any atom is -0.507 e. The summed E-state index contributed by atoms with van der Waals surface area (Å²) in [6, 6.07) is 9.16. The normalized spacial score (nSPS) is 24.1. The van der Waals surface area contributed by atoms with Crippen molar-refractivity contribution in [3.8, 4) is 28.6 Å². The van der Waals surface area contributed by atoms with Crippen LogP contribution in [0, 0.1) is 11.8 Å². The molecule has 0 radical (unpaired) electrons. The van der Waals surface area contributed by atoms with E-state index in [1.54, 1.807) is 18.6 Å². The second kappa shape index (κ2) is 6.68. The van der Waals surface area contributed by atoms with E-state index in [1.807, 2.05) is 35.0 Å². The number of aromatic nitrogens is 4. The zero-order valence-corrected chi connectivity index (χ0v) is 15.0. The molecule has 0 amide bonds. The maximum absolute atomic E-state index is 10.4. The van der Waals surface area contributed by atoms with E-state index in [0.717, 1.165) is 30.4 Å². The summed E-state index contributed by atoms with van der Waals surface area (Å²) < 4.78 is 7.92. The van der Waals surface area contributed by atoms with Crippen molar-refractivity contribution in [1.82, 2.24) is 19.7 Å². The molecule has 3 atom stereocenters. The van der Waals surface area contributed by atoms with Gasteiger partial charge < -0.3 is 14.4 Å². The molecule has 5 rings (SSSR count). The van der Waals surface area contributed by atoms with E-state index in [0.29, 0.717) is 17.1 Å². The maximum Gasteiger partial charge on any atom is 0.233 e. The standard InChI is InChI=1S/C21H22N4O2/c26-20-12-16(25-8-7-22-13-25)3-4-18(20)19-5-6-21(24-23-19)27-17-10-14-1-2-15(9-14)11-17/h3-8,12-15,17,26H,1-2,9-11H2/t14-,15?,17?/m0/s1. The number of phenols is 1. The van der Waals surface area contributed by atoms with Crippen molar-refractivity contribution in [3.05, 3.63) is 49.1 Å². The minimum atomic E-state index is 0.160. The van der Waals surface area contributed by atoms with Gasteiger partial charge in [-0.3, -0.25) is 0 Å². The molecule has 1 N–H and O–H groups in total. The Balaban J connectivity index is 1.31. The molecular weight excluding hydrogens is 340 g/mol. The van der Waals surface area contributed by atoms with Crippen LogP contribution in [-0.4, -0.2) is 31.0 Å². The molecule has 2 aliphatic rings. The molecular formula is C21H22N4O2. The van der Waals surface area contributed by atoms with Crippen molar-refractivity contribution in [2.75, 3.05) is 0 Å². The molecule has 2 bridgehead atoms. The van der Waals surface area contributed by atoms with Crippen molar-refractivity contribution in [2.24, 2.45) is 11.8 Å². The fourth-order valence-electron chi connectivity index (χ4n) is 4.55. The van der Waals surface area contributed by atoms with Gasteiger partial charge in [-0.25, -0.2) is 4.98 Å². The Hall–Kier alpha value is -2.89. The van der Waals surface area contributed by atoms with Crippen LogP contribution in [0.15, 0.2) is 49.1 Å². The van der Waals surface area contributed by atoms with Gasteiger partial charge in [0.1, 0.15) is 11.9 Å². The Morgan fingerprint density at radius 1 is 1.00 bits per heavy atom. The van der Waals surface area contributed by atoms with E-state index in [2.05, 4.69) is 15.2 Å².